The monoisotopic (exact) mass is 300 g/mol. The van der Waals surface area contributed by atoms with Crippen molar-refractivity contribution >= 4 is 33.4 Å². The van der Waals surface area contributed by atoms with Gasteiger partial charge in [-0.1, -0.05) is 0 Å². The van der Waals surface area contributed by atoms with Gasteiger partial charge in [-0.05, 0) is 49.8 Å². The number of sulfonamides is 1. The molecule has 1 aromatic rings. The fourth-order valence-electron chi connectivity index (χ4n) is 1.95. The smallest absolute Gasteiger partial charge is 0.240 e. The van der Waals surface area contributed by atoms with E-state index in [1.807, 2.05) is 6.92 Å². The molecule has 1 aromatic carbocycles. The first-order valence-corrected chi connectivity index (χ1v) is 8.43. The van der Waals surface area contributed by atoms with Gasteiger partial charge in [-0.3, -0.25) is 4.79 Å². The van der Waals surface area contributed by atoms with Crippen LogP contribution in [0.2, 0.25) is 0 Å². The van der Waals surface area contributed by atoms with Gasteiger partial charge >= 0.3 is 0 Å². The first-order valence-electron chi connectivity index (χ1n) is 5.90. The van der Waals surface area contributed by atoms with Gasteiger partial charge in [-0.15, -0.1) is 11.8 Å². The summed E-state index contributed by atoms with van der Waals surface area (Å²) in [6.45, 7) is 1.93. The van der Waals surface area contributed by atoms with Crippen LogP contribution in [0.15, 0.2) is 29.2 Å². The molecule has 5 nitrogen and oxygen atoms in total. The van der Waals surface area contributed by atoms with E-state index in [1.165, 1.54) is 12.1 Å². The van der Waals surface area contributed by atoms with Gasteiger partial charge in [0.25, 0.3) is 0 Å². The van der Waals surface area contributed by atoms with Crippen molar-refractivity contribution in [1.82, 2.24) is 0 Å². The molecule has 1 fully saturated rings. The summed E-state index contributed by atoms with van der Waals surface area (Å²) in [5.74, 6) is 0.951. The van der Waals surface area contributed by atoms with Crippen LogP contribution in [0.3, 0.4) is 0 Å². The highest BCUT2D eigenvalue weighted by Crippen LogP contribution is 2.38. The molecule has 0 bridgehead atoms. The molecule has 1 heterocycles. The van der Waals surface area contributed by atoms with E-state index in [0.29, 0.717) is 5.69 Å². The second-order valence-electron chi connectivity index (χ2n) is 4.71. The third-order valence-corrected chi connectivity index (χ3v) is 5.59. The summed E-state index contributed by atoms with van der Waals surface area (Å²) in [4.78, 5) is 12.2. The molecule has 0 spiro atoms. The minimum absolute atomic E-state index is 0.0342. The summed E-state index contributed by atoms with van der Waals surface area (Å²) < 4.78 is 21.8. The summed E-state index contributed by atoms with van der Waals surface area (Å²) in [5.41, 5.74) is 0.575. The third kappa shape index (κ3) is 3.29. The van der Waals surface area contributed by atoms with Gasteiger partial charge in [0.15, 0.2) is 0 Å². The molecule has 1 atom stereocenters. The zero-order chi connectivity index (χ0) is 14.1. The second kappa shape index (κ2) is 5.15. The van der Waals surface area contributed by atoms with Gasteiger partial charge < -0.3 is 5.32 Å². The first-order chi connectivity index (χ1) is 8.81. The lowest BCUT2D eigenvalue weighted by atomic mass is 10.0. The zero-order valence-corrected chi connectivity index (χ0v) is 12.2. The number of nitrogens with two attached hydrogens (primary N) is 1. The molecular formula is C12H16N2O3S2. The maximum Gasteiger partial charge on any atom is 0.240 e. The van der Waals surface area contributed by atoms with Crippen molar-refractivity contribution < 1.29 is 13.2 Å². The van der Waals surface area contributed by atoms with E-state index in [-0.39, 0.29) is 10.8 Å². The fraction of sp³-hybridized carbons (Fsp3) is 0.417. The quantitative estimate of drug-likeness (QED) is 0.886. The minimum Gasteiger partial charge on any atom is -0.325 e. The van der Waals surface area contributed by atoms with Crippen LogP contribution in [-0.4, -0.2) is 24.8 Å². The number of hydrogen-bond donors (Lipinski definition) is 2. The molecule has 0 radical (unpaired) electrons. The normalized spacial score (nSPS) is 23.3. The molecule has 2 rings (SSSR count). The highest BCUT2D eigenvalue weighted by Gasteiger charge is 2.37. The molecule has 7 heteroatoms. The third-order valence-electron chi connectivity index (χ3n) is 3.14. The van der Waals surface area contributed by atoms with Crippen LogP contribution < -0.4 is 10.5 Å². The van der Waals surface area contributed by atoms with Crippen LogP contribution in [0.5, 0.6) is 0 Å². The first kappa shape index (κ1) is 14.4. The maximum absolute atomic E-state index is 12.1. The Morgan fingerprint density at radius 3 is 2.47 bits per heavy atom. The van der Waals surface area contributed by atoms with Crippen molar-refractivity contribution in [3.63, 3.8) is 0 Å². The number of amides is 1. The molecule has 104 valence electrons. The Kier molecular flexibility index (Phi) is 3.89. The van der Waals surface area contributed by atoms with Gasteiger partial charge in [0.1, 0.15) is 0 Å². The van der Waals surface area contributed by atoms with Crippen molar-refractivity contribution in [2.45, 2.75) is 29.4 Å². The standard InChI is InChI=1S/C12H16N2O3S2/c1-12(7-2-8-18-12)11(15)14-9-3-5-10(6-4-9)19(13,16)17/h3-6H,2,7-8H2,1H3,(H,14,15)(H2,13,16,17). The van der Waals surface area contributed by atoms with Crippen LogP contribution in [-0.2, 0) is 14.8 Å². The summed E-state index contributed by atoms with van der Waals surface area (Å²) in [6.07, 6.45) is 1.90. The Balaban J connectivity index is 2.10. The fourth-order valence-corrected chi connectivity index (χ4v) is 3.67. The Hall–Kier alpha value is -1.05. The number of carbonyl (C=O) groups is 1. The van der Waals surface area contributed by atoms with E-state index in [9.17, 15) is 13.2 Å². The largest absolute Gasteiger partial charge is 0.325 e. The van der Waals surface area contributed by atoms with Crippen molar-refractivity contribution in [2.75, 3.05) is 11.1 Å². The molecule has 1 amide bonds. The van der Waals surface area contributed by atoms with E-state index in [2.05, 4.69) is 5.32 Å². The highest BCUT2D eigenvalue weighted by atomic mass is 32.2. The predicted molar refractivity (Wildman–Crippen MR) is 76.5 cm³/mol. The van der Waals surface area contributed by atoms with Gasteiger partial charge in [0.2, 0.25) is 15.9 Å². The molecule has 0 aliphatic carbocycles. The lowest BCUT2D eigenvalue weighted by Gasteiger charge is -2.21. The molecule has 1 saturated heterocycles. The molecule has 1 aliphatic heterocycles. The number of hydrogen-bond acceptors (Lipinski definition) is 4. The molecular weight excluding hydrogens is 284 g/mol. The van der Waals surface area contributed by atoms with Gasteiger partial charge in [0, 0.05) is 5.69 Å². The van der Waals surface area contributed by atoms with Crippen molar-refractivity contribution in [3.05, 3.63) is 24.3 Å². The van der Waals surface area contributed by atoms with E-state index in [0.717, 1.165) is 18.6 Å². The number of benzene rings is 1. The average Bonchev–Trinajstić information content (AvgIpc) is 2.77. The molecule has 0 saturated carbocycles. The number of nitrogens with one attached hydrogen (secondary N) is 1. The SMILES string of the molecule is CC1(C(=O)Nc2ccc(S(N)(=O)=O)cc2)CCCS1. The van der Waals surface area contributed by atoms with E-state index in [4.69, 9.17) is 5.14 Å². The van der Waals surface area contributed by atoms with Crippen LogP contribution in [0, 0.1) is 0 Å². The average molecular weight is 300 g/mol. The maximum atomic E-state index is 12.1. The van der Waals surface area contributed by atoms with Crippen LogP contribution >= 0.6 is 11.8 Å². The van der Waals surface area contributed by atoms with E-state index >= 15 is 0 Å². The van der Waals surface area contributed by atoms with Crippen LogP contribution in [0.25, 0.3) is 0 Å². The van der Waals surface area contributed by atoms with Gasteiger partial charge in [-0.2, -0.15) is 0 Å². The Bertz CT molecular complexity index is 575. The highest BCUT2D eigenvalue weighted by molar-refractivity contribution is 8.01. The number of thioether (sulfide) groups is 1. The topological polar surface area (TPSA) is 89.3 Å². The Labute approximate surface area is 117 Å². The summed E-state index contributed by atoms with van der Waals surface area (Å²) in [5, 5.41) is 7.82. The summed E-state index contributed by atoms with van der Waals surface area (Å²) >= 11 is 1.65. The number of primary sulfonamides is 1. The van der Waals surface area contributed by atoms with Crippen molar-refractivity contribution in [1.29, 1.82) is 0 Å². The molecule has 19 heavy (non-hydrogen) atoms. The van der Waals surface area contributed by atoms with Crippen molar-refractivity contribution in [3.8, 4) is 0 Å². The van der Waals surface area contributed by atoms with E-state index in [1.54, 1.807) is 23.9 Å². The summed E-state index contributed by atoms with van der Waals surface area (Å²) in [6, 6.07) is 5.85. The number of carbonyl (C=O) groups excluding carboxylic acids is 1. The Morgan fingerprint density at radius 2 is 2.00 bits per heavy atom. The molecule has 3 N–H and O–H groups in total. The van der Waals surface area contributed by atoms with E-state index < -0.39 is 14.8 Å². The summed E-state index contributed by atoms with van der Waals surface area (Å²) in [7, 11) is -3.69. The van der Waals surface area contributed by atoms with Gasteiger partial charge in [0.05, 0.1) is 9.64 Å². The lowest BCUT2D eigenvalue weighted by molar-refractivity contribution is -0.118. The number of rotatable bonds is 3. The second-order valence-corrected chi connectivity index (χ2v) is 7.87. The van der Waals surface area contributed by atoms with Crippen LogP contribution in [0.4, 0.5) is 5.69 Å². The molecule has 0 aromatic heterocycles. The molecule has 1 unspecified atom stereocenters. The lowest BCUT2D eigenvalue weighted by Crippen LogP contribution is -2.34. The number of anilines is 1. The van der Waals surface area contributed by atoms with Crippen LogP contribution in [0.1, 0.15) is 19.8 Å². The predicted octanol–water partition coefficient (Wildman–Crippen LogP) is 1.56. The molecule has 1 aliphatic rings. The Morgan fingerprint density at radius 1 is 1.37 bits per heavy atom. The van der Waals surface area contributed by atoms with Crippen molar-refractivity contribution in [2.24, 2.45) is 5.14 Å². The van der Waals surface area contributed by atoms with Gasteiger partial charge in [-0.25, -0.2) is 13.6 Å². The minimum atomic E-state index is -3.69. The zero-order valence-electron chi connectivity index (χ0n) is 10.5.